The highest BCUT2D eigenvalue weighted by Crippen LogP contribution is 2.35. The molecule has 0 saturated heterocycles. The molecule has 2 aromatic carbocycles. The van der Waals surface area contributed by atoms with Crippen molar-refractivity contribution < 1.29 is 9.59 Å². The Balaban J connectivity index is 1.68. The Morgan fingerprint density at radius 1 is 0.889 bits per heavy atom. The summed E-state index contributed by atoms with van der Waals surface area (Å²) in [7, 11) is 0. The second-order valence-electron chi connectivity index (χ2n) is 6.85. The van der Waals surface area contributed by atoms with E-state index in [0.717, 1.165) is 30.4 Å². The van der Waals surface area contributed by atoms with Gasteiger partial charge in [-0.1, -0.05) is 56.9 Å². The van der Waals surface area contributed by atoms with Crippen LogP contribution in [0.5, 0.6) is 0 Å². The Labute approximate surface area is 162 Å². The number of carbonyl (C=O) groups is 2. The highest BCUT2D eigenvalue weighted by molar-refractivity contribution is 7.00. The Bertz CT molecular complexity index is 1030. The van der Waals surface area contributed by atoms with Crippen molar-refractivity contribution in [1.29, 1.82) is 0 Å². The van der Waals surface area contributed by atoms with E-state index < -0.39 is 0 Å². The Hall–Kier alpha value is -2.60. The number of hydrogen-bond donors (Lipinski definition) is 1. The molecule has 1 heterocycles. The van der Waals surface area contributed by atoms with Gasteiger partial charge in [0.25, 0.3) is 0 Å². The van der Waals surface area contributed by atoms with Crippen LogP contribution in [0.3, 0.4) is 0 Å². The van der Waals surface area contributed by atoms with E-state index in [9.17, 15) is 9.59 Å². The monoisotopic (exact) mass is 379 g/mol. The van der Waals surface area contributed by atoms with E-state index in [1.54, 1.807) is 30.3 Å². The first-order valence-corrected chi connectivity index (χ1v) is 10.2. The third-order valence-electron chi connectivity index (χ3n) is 5.02. The number of anilines is 1. The number of nitrogens with zero attached hydrogens (tertiary/aromatic N) is 2. The summed E-state index contributed by atoms with van der Waals surface area (Å²) in [5.74, 6) is -0.273. The molecule has 1 aliphatic carbocycles. The summed E-state index contributed by atoms with van der Waals surface area (Å²) in [6.45, 7) is 3.02. The normalized spacial score (nSPS) is 12.9. The van der Waals surface area contributed by atoms with Gasteiger partial charge in [-0.05, 0) is 12.5 Å². The molecule has 0 saturated carbocycles. The minimum Gasteiger partial charge on any atom is -0.383 e. The van der Waals surface area contributed by atoms with Crippen molar-refractivity contribution in [3.8, 4) is 0 Å². The fourth-order valence-corrected chi connectivity index (χ4v) is 4.16. The molecule has 0 radical (unpaired) electrons. The molecule has 0 amide bonds. The maximum atomic E-state index is 13.0. The van der Waals surface area contributed by atoms with Crippen molar-refractivity contribution in [2.45, 2.75) is 39.0 Å². The minimum atomic E-state index is -0.149. The van der Waals surface area contributed by atoms with Gasteiger partial charge in [0.1, 0.15) is 11.0 Å². The van der Waals surface area contributed by atoms with E-state index in [1.165, 1.54) is 25.7 Å². The van der Waals surface area contributed by atoms with Crippen LogP contribution in [0.2, 0.25) is 0 Å². The lowest BCUT2D eigenvalue weighted by Crippen LogP contribution is -2.21. The molecule has 6 heteroatoms. The van der Waals surface area contributed by atoms with E-state index >= 15 is 0 Å². The molecular formula is C21H21N3O2S. The molecule has 0 aliphatic heterocycles. The summed E-state index contributed by atoms with van der Waals surface area (Å²) in [6, 6.07) is 8.75. The van der Waals surface area contributed by atoms with Gasteiger partial charge in [0.2, 0.25) is 0 Å². The van der Waals surface area contributed by atoms with Gasteiger partial charge in [-0.3, -0.25) is 9.59 Å². The summed E-state index contributed by atoms with van der Waals surface area (Å²) < 4.78 is 8.71. The molecular weight excluding hydrogens is 358 g/mol. The number of nitrogens with one attached hydrogen (secondary N) is 1. The lowest BCUT2D eigenvalue weighted by molar-refractivity contribution is 0.0980. The predicted molar refractivity (Wildman–Crippen MR) is 108 cm³/mol. The largest absolute Gasteiger partial charge is 0.383 e. The van der Waals surface area contributed by atoms with E-state index in [-0.39, 0.29) is 11.6 Å². The molecule has 138 valence electrons. The summed E-state index contributed by atoms with van der Waals surface area (Å²) in [6.07, 6.45) is 5.96. The molecule has 0 fully saturated rings. The lowest BCUT2D eigenvalue weighted by atomic mass is 9.83. The Morgan fingerprint density at radius 2 is 1.59 bits per heavy atom. The molecule has 1 N–H and O–H groups in total. The van der Waals surface area contributed by atoms with Gasteiger partial charge in [0.15, 0.2) is 11.6 Å². The number of rotatable bonds is 7. The Kier molecular flexibility index (Phi) is 4.99. The molecule has 4 rings (SSSR count). The van der Waals surface area contributed by atoms with Gasteiger partial charge in [-0.2, -0.15) is 8.75 Å². The SMILES string of the molecule is CCCCCCCNc1cc2c(c3nsnc13)C(=O)c1ccccc1C2=O. The van der Waals surface area contributed by atoms with Gasteiger partial charge in [0.05, 0.1) is 23.0 Å². The van der Waals surface area contributed by atoms with Crippen LogP contribution in [0.4, 0.5) is 5.69 Å². The van der Waals surface area contributed by atoms with Crippen molar-refractivity contribution in [2.24, 2.45) is 0 Å². The van der Waals surface area contributed by atoms with Crippen LogP contribution >= 0.6 is 11.7 Å². The quantitative estimate of drug-likeness (QED) is 0.465. The summed E-state index contributed by atoms with van der Waals surface area (Å²) in [5.41, 5.74) is 3.70. The molecule has 0 spiro atoms. The van der Waals surface area contributed by atoms with Gasteiger partial charge >= 0.3 is 0 Å². The molecule has 3 aromatic rings. The van der Waals surface area contributed by atoms with Crippen molar-refractivity contribution in [3.05, 3.63) is 52.6 Å². The highest BCUT2D eigenvalue weighted by atomic mass is 32.1. The first-order chi connectivity index (χ1) is 13.2. The van der Waals surface area contributed by atoms with Crippen LogP contribution in [0, 0.1) is 0 Å². The lowest BCUT2D eigenvalue weighted by Gasteiger charge is -2.19. The van der Waals surface area contributed by atoms with E-state index in [4.69, 9.17) is 0 Å². The molecule has 27 heavy (non-hydrogen) atoms. The fourth-order valence-electron chi connectivity index (χ4n) is 3.60. The van der Waals surface area contributed by atoms with Gasteiger partial charge < -0.3 is 5.32 Å². The van der Waals surface area contributed by atoms with Crippen molar-refractivity contribution >= 4 is 40.0 Å². The molecule has 1 aromatic heterocycles. The molecule has 0 unspecified atom stereocenters. The van der Waals surface area contributed by atoms with Crippen LogP contribution in [0.25, 0.3) is 11.0 Å². The van der Waals surface area contributed by atoms with E-state index in [1.807, 2.05) is 0 Å². The summed E-state index contributed by atoms with van der Waals surface area (Å²) >= 11 is 1.07. The van der Waals surface area contributed by atoms with E-state index in [0.29, 0.717) is 33.3 Å². The number of benzene rings is 2. The Morgan fingerprint density at radius 3 is 2.37 bits per heavy atom. The van der Waals surface area contributed by atoms with Crippen molar-refractivity contribution in [1.82, 2.24) is 8.75 Å². The second kappa shape index (κ2) is 7.56. The first kappa shape index (κ1) is 17.8. The predicted octanol–water partition coefficient (Wildman–Crippen LogP) is 4.85. The molecule has 1 aliphatic rings. The van der Waals surface area contributed by atoms with Crippen LogP contribution < -0.4 is 5.32 Å². The number of hydrogen-bond acceptors (Lipinski definition) is 6. The summed E-state index contributed by atoms with van der Waals surface area (Å²) in [5, 5.41) is 3.40. The number of fused-ring (bicyclic) bond motifs is 4. The third kappa shape index (κ3) is 3.14. The average Bonchev–Trinajstić information content (AvgIpc) is 3.18. The highest BCUT2D eigenvalue weighted by Gasteiger charge is 2.33. The number of unbranched alkanes of at least 4 members (excludes halogenated alkanes) is 4. The van der Waals surface area contributed by atoms with Crippen LogP contribution in [-0.4, -0.2) is 26.9 Å². The molecule has 0 atom stereocenters. The summed E-state index contributed by atoms with van der Waals surface area (Å²) in [4.78, 5) is 26.0. The van der Waals surface area contributed by atoms with E-state index in [2.05, 4.69) is 21.0 Å². The standard InChI is InChI=1S/C21H21N3O2S/c1-2-3-4-5-8-11-22-16-12-15-17(19-18(16)23-27-24-19)21(26)14-10-7-6-9-13(14)20(15)25/h6-7,9-10,12,22H,2-5,8,11H2,1H3. The topological polar surface area (TPSA) is 72.0 Å². The first-order valence-electron chi connectivity index (χ1n) is 9.44. The number of aromatic nitrogens is 2. The number of carbonyl (C=O) groups excluding carboxylic acids is 2. The van der Waals surface area contributed by atoms with Crippen molar-refractivity contribution in [3.63, 3.8) is 0 Å². The smallest absolute Gasteiger partial charge is 0.196 e. The second-order valence-corrected chi connectivity index (χ2v) is 7.38. The minimum absolute atomic E-state index is 0.124. The van der Waals surface area contributed by atoms with Crippen LogP contribution in [0.1, 0.15) is 70.9 Å². The van der Waals surface area contributed by atoms with Crippen LogP contribution in [-0.2, 0) is 0 Å². The maximum absolute atomic E-state index is 13.0. The maximum Gasteiger partial charge on any atom is 0.196 e. The average molecular weight is 379 g/mol. The van der Waals surface area contributed by atoms with Crippen LogP contribution in [0.15, 0.2) is 30.3 Å². The van der Waals surface area contributed by atoms with Crippen molar-refractivity contribution in [2.75, 3.05) is 11.9 Å². The zero-order valence-electron chi connectivity index (χ0n) is 15.2. The molecule has 5 nitrogen and oxygen atoms in total. The molecule has 0 bridgehead atoms. The fraction of sp³-hybridized carbons (Fsp3) is 0.333. The van der Waals surface area contributed by atoms with Gasteiger partial charge in [-0.25, -0.2) is 0 Å². The van der Waals surface area contributed by atoms with Gasteiger partial charge in [0, 0.05) is 23.2 Å². The zero-order chi connectivity index (χ0) is 18.8. The third-order valence-corrected chi connectivity index (χ3v) is 5.55. The van der Waals surface area contributed by atoms with Gasteiger partial charge in [-0.15, -0.1) is 0 Å². The number of ketones is 2. The zero-order valence-corrected chi connectivity index (χ0v) is 16.1.